The van der Waals surface area contributed by atoms with Crippen LogP contribution in [0.4, 0.5) is 5.69 Å². The second-order valence-corrected chi connectivity index (χ2v) is 4.52. The highest BCUT2D eigenvalue weighted by Crippen LogP contribution is 2.29. The van der Waals surface area contributed by atoms with Crippen molar-refractivity contribution in [3.63, 3.8) is 0 Å². The van der Waals surface area contributed by atoms with E-state index < -0.39 is 22.9 Å². The molecule has 0 aliphatic carbocycles. The fourth-order valence-corrected chi connectivity index (χ4v) is 2.05. The van der Waals surface area contributed by atoms with Gasteiger partial charge in [-0.2, -0.15) is 5.10 Å². The first-order chi connectivity index (χ1) is 8.84. The van der Waals surface area contributed by atoms with Crippen LogP contribution in [-0.4, -0.2) is 25.8 Å². The molecule has 1 N–H and O–H groups in total. The topological polar surface area (TPSA) is 98.3 Å². The van der Waals surface area contributed by atoms with Crippen molar-refractivity contribution in [3.8, 4) is 0 Å². The van der Waals surface area contributed by atoms with Gasteiger partial charge in [0.05, 0.1) is 16.9 Å². The zero-order valence-corrected chi connectivity index (χ0v) is 11.6. The summed E-state index contributed by atoms with van der Waals surface area (Å²) in [6.07, 6.45) is 0.893. The van der Waals surface area contributed by atoms with E-state index in [9.17, 15) is 14.9 Å². The van der Waals surface area contributed by atoms with Gasteiger partial charge >= 0.3 is 11.7 Å². The predicted octanol–water partition coefficient (Wildman–Crippen LogP) is 2.20. The summed E-state index contributed by atoms with van der Waals surface area (Å²) in [5, 5.41) is 24.4. The van der Waals surface area contributed by atoms with E-state index in [2.05, 4.69) is 5.10 Å². The molecule has 0 bridgehead atoms. The Bertz CT molecular complexity index is 495. The van der Waals surface area contributed by atoms with Gasteiger partial charge in [0.1, 0.15) is 11.4 Å². The number of hydrogen-bond donors (Lipinski definition) is 1. The average Bonchev–Trinajstić information content (AvgIpc) is 2.75. The van der Waals surface area contributed by atoms with Gasteiger partial charge in [0.15, 0.2) is 0 Å². The van der Waals surface area contributed by atoms with Gasteiger partial charge in [0, 0.05) is 0 Å². The third-order valence-electron chi connectivity index (χ3n) is 3.40. The van der Waals surface area contributed by atoms with Crippen LogP contribution in [0.15, 0.2) is 0 Å². The first-order valence-corrected chi connectivity index (χ1v) is 6.32. The molecule has 0 aromatic carbocycles. The molecule has 0 saturated heterocycles. The number of carboxylic acid groups (broad SMARTS) is 1. The lowest BCUT2D eigenvalue weighted by molar-refractivity contribution is -0.386. The maximum Gasteiger partial charge on any atom is 0.313 e. The van der Waals surface area contributed by atoms with Crippen molar-refractivity contribution in [2.45, 2.75) is 46.6 Å². The first kappa shape index (κ1) is 15.1. The number of nitrogens with zero attached hydrogens (tertiary/aromatic N) is 3. The largest absolute Gasteiger partial charge is 0.481 e. The summed E-state index contributed by atoms with van der Waals surface area (Å²) in [6, 6.07) is -0.425. The van der Waals surface area contributed by atoms with Gasteiger partial charge in [0.25, 0.3) is 0 Å². The predicted molar refractivity (Wildman–Crippen MR) is 69.1 cm³/mol. The van der Waals surface area contributed by atoms with Crippen LogP contribution in [0.3, 0.4) is 0 Å². The lowest BCUT2D eigenvalue weighted by atomic mass is 10.0. The van der Waals surface area contributed by atoms with E-state index in [4.69, 9.17) is 5.11 Å². The molecule has 0 aliphatic heterocycles. The number of aryl methyl sites for hydroxylation is 1. The van der Waals surface area contributed by atoms with E-state index in [0.717, 1.165) is 0 Å². The minimum absolute atomic E-state index is 0.0226. The van der Waals surface area contributed by atoms with E-state index in [-0.39, 0.29) is 5.69 Å². The summed E-state index contributed by atoms with van der Waals surface area (Å²) >= 11 is 0. The highest BCUT2D eigenvalue weighted by Gasteiger charge is 2.30. The Labute approximate surface area is 111 Å². The molecule has 1 heterocycles. The molecule has 106 valence electrons. The fraction of sp³-hybridized carbons (Fsp3) is 0.667. The summed E-state index contributed by atoms with van der Waals surface area (Å²) in [5.41, 5.74) is 0.920. The van der Waals surface area contributed by atoms with Crippen molar-refractivity contribution >= 4 is 11.7 Å². The number of carboxylic acids is 1. The fourth-order valence-electron chi connectivity index (χ4n) is 2.05. The summed E-state index contributed by atoms with van der Waals surface area (Å²) in [5.74, 6) is -1.60. The molecule has 1 aromatic rings. The normalized spacial score (nSPS) is 14.1. The van der Waals surface area contributed by atoms with Crippen LogP contribution in [0.2, 0.25) is 0 Å². The molecule has 7 nitrogen and oxygen atoms in total. The Balaban J connectivity index is 3.36. The molecule has 0 aliphatic rings. The van der Waals surface area contributed by atoms with Crippen molar-refractivity contribution in [3.05, 3.63) is 21.5 Å². The third-order valence-corrected chi connectivity index (χ3v) is 3.40. The Hall–Kier alpha value is -1.92. The van der Waals surface area contributed by atoms with Crippen LogP contribution in [0, 0.1) is 16.0 Å². The Morgan fingerprint density at radius 3 is 2.37 bits per heavy atom. The number of carbonyl (C=O) groups is 1. The second kappa shape index (κ2) is 5.81. The van der Waals surface area contributed by atoms with Gasteiger partial charge in [-0.3, -0.25) is 19.6 Å². The van der Waals surface area contributed by atoms with Gasteiger partial charge < -0.3 is 5.11 Å². The Morgan fingerprint density at radius 2 is 2.00 bits per heavy atom. The van der Waals surface area contributed by atoms with Gasteiger partial charge in [0.2, 0.25) is 0 Å². The number of nitro groups is 1. The van der Waals surface area contributed by atoms with Crippen LogP contribution >= 0.6 is 0 Å². The molecule has 2 unspecified atom stereocenters. The van der Waals surface area contributed by atoms with Crippen molar-refractivity contribution in [2.75, 3.05) is 0 Å². The highest BCUT2D eigenvalue weighted by molar-refractivity contribution is 5.70. The van der Waals surface area contributed by atoms with Crippen LogP contribution < -0.4 is 0 Å². The second-order valence-electron chi connectivity index (χ2n) is 4.52. The molecular formula is C12H19N3O4. The SMILES string of the molecule is CCc1nn(C(C)C(C)C(=O)O)c(CC)c1[N+](=O)[O-]. The van der Waals surface area contributed by atoms with E-state index in [1.54, 1.807) is 27.7 Å². The highest BCUT2D eigenvalue weighted by atomic mass is 16.6. The number of aliphatic carboxylic acids is 1. The third kappa shape index (κ3) is 2.74. The molecule has 1 rings (SSSR count). The van der Waals surface area contributed by atoms with Gasteiger partial charge in [-0.1, -0.05) is 13.8 Å². The molecule has 0 fully saturated rings. The number of aromatic nitrogens is 2. The molecule has 0 amide bonds. The lowest BCUT2D eigenvalue weighted by Crippen LogP contribution is -2.24. The molecule has 1 aromatic heterocycles. The first-order valence-electron chi connectivity index (χ1n) is 6.32. The summed E-state index contributed by atoms with van der Waals surface area (Å²) in [7, 11) is 0. The van der Waals surface area contributed by atoms with E-state index in [1.807, 2.05) is 0 Å². The van der Waals surface area contributed by atoms with Crippen LogP contribution in [0.1, 0.15) is 45.1 Å². The molecule has 7 heteroatoms. The standard InChI is InChI=1S/C12H19N3O4/c1-5-9-11(15(18)19)10(6-2)14(13-9)8(4)7(3)12(16)17/h7-8H,5-6H2,1-4H3,(H,16,17). The Kier molecular flexibility index (Phi) is 4.63. The van der Waals surface area contributed by atoms with E-state index >= 15 is 0 Å². The monoisotopic (exact) mass is 269 g/mol. The number of rotatable bonds is 6. The zero-order chi connectivity index (χ0) is 14.7. The summed E-state index contributed by atoms with van der Waals surface area (Å²) in [4.78, 5) is 21.7. The molecule has 19 heavy (non-hydrogen) atoms. The van der Waals surface area contributed by atoms with Crippen molar-refractivity contribution in [2.24, 2.45) is 5.92 Å². The molecular weight excluding hydrogens is 250 g/mol. The molecule has 0 radical (unpaired) electrons. The quantitative estimate of drug-likeness (QED) is 0.630. The van der Waals surface area contributed by atoms with Gasteiger partial charge in [-0.25, -0.2) is 0 Å². The van der Waals surface area contributed by atoms with Crippen molar-refractivity contribution < 1.29 is 14.8 Å². The number of hydrogen-bond acceptors (Lipinski definition) is 4. The van der Waals surface area contributed by atoms with Crippen molar-refractivity contribution in [1.29, 1.82) is 0 Å². The van der Waals surface area contributed by atoms with E-state index in [0.29, 0.717) is 24.2 Å². The minimum Gasteiger partial charge on any atom is -0.481 e. The smallest absolute Gasteiger partial charge is 0.313 e. The maximum absolute atomic E-state index is 11.1. The zero-order valence-electron chi connectivity index (χ0n) is 11.6. The van der Waals surface area contributed by atoms with E-state index in [1.165, 1.54) is 4.68 Å². The minimum atomic E-state index is -0.939. The lowest BCUT2D eigenvalue weighted by Gasteiger charge is -2.18. The van der Waals surface area contributed by atoms with Crippen LogP contribution in [0.25, 0.3) is 0 Å². The van der Waals surface area contributed by atoms with Crippen LogP contribution in [0.5, 0.6) is 0 Å². The van der Waals surface area contributed by atoms with Gasteiger partial charge in [-0.05, 0) is 26.7 Å². The van der Waals surface area contributed by atoms with Crippen LogP contribution in [-0.2, 0) is 17.6 Å². The molecule has 0 spiro atoms. The Morgan fingerprint density at radius 1 is 1.42 bits per heavy atom. The van der Waals surface area contributed by atoms with Crippen molar-refractivity contribution in [1.82, 2.24) is 9.78 Å². The molecule has 2 atom stereocenters. The molecule has 0 saturated carbocycles. The summed E-state index contributed by atoms with van der Waals surface area (Å²) < 4.78 is 1.50. The maximum atomic E-state index is 11.1. The average molecular weight is 269 g/mol. The van der Waals surface area contributed by atoms with Gasteiger partial charge in [-0.15, -0.1) is 0 Å². The summed E-state index contributed by atoms with van der Waals surface area (Å²) in [6.45, 7) is 6.89.